The van der Waals surface area contributed by atoms with Gasteiger partial charge in [0.1, 0.15) is 23.2 Å². The fourth-order valence-electron chi connectivity index (χ4n) is 3.18. The number of rotatable bonds is 10. The second kappa shape index (κ2) is 10.4. The molecule has 1 unspecified atom stereocenters. The number of nitrogens with one attached hydrogen (secondary N) is 2. The zero-order chi connectivity index (χ0) is 24.8. The van der Waals surface area contributed by atoms with Crippen LogP contribution in [0.1, 0.15) is 23.2 Å². The number of hydrogen-bond acceptors (Lipinski definition) is 8. The molecule has 34 heavy (non-hydrogen) atoms. The highest BCUT2D eigenvalue weighted by Gasteiger charge is 2.29. The molecular weight excluding hydrogens is 451 g/mol. The van der Waals surface area contributed by atoms with E-state index in [2.05, 4.69) is 20.6 Å². The summed E-state index contributed by atoms with van der Waals surface area (Å²) in [7, 11) is 2.37. The number of ether oxygens (including phenoxy) is 2. The van der Waals surface area contributed by atoms with E-state index in [0.717, 1.165) is 7.11 Å². The van der Waals surface area contributed by atoms with Gasteiger partial charge in [-0.3, -0.25) is 14.6 Å². The van der Waals surface area contributed by atoms with Gasteiger partial charge in [-0.25, -0.2) is 14.2 Å². The number of para-hydroxylation sites is 2. The summed E-state index contributed by atoms with van der Waals surface area (Å²) in [5.41, 5.74) is 0.699. The van der Waals surface area contributed by atoms with Crippen LogP contribution in [0.5, 0.6) is 11.5 Å². The normalized spacial score (nSPS) is 11.5. The van der Waals surface area contributed by atoms with Crippen molar-refractivity contribution in [2.45, 2.75) is 18.9 Å². The van der Waals surface area contributed by atoms with Gasteiger partial charge in [0.15, 0.2) is 11.6 Å². The van der Waals surface area contributed by atoms with Crippen molar-refractivity contribution in [2.75, 3.05) is 19.5 Å². The number of anilines is 2. The van der Waals surface area contributed by atoms with Crippen molar-refractivity contribution in [2.24, 2.45) is 0 Å². The van der Waals surface area contributed by atoms with Gasteiger partial charge in [0.05, 0.1) is 37.1 Å². The molecule has 11 nitrogen and oxygen atoms in total. The highest BCUT2D eigenvalue weighted by Crippen LogP contribution is 2.37. The Morgan fingerprint density at radius 2 is 1.82 bits per heavy atom. The maximum absolute atomic E-state index is 15.3. The molecule has 0 bridgehead atoms. The highest BCUT2D eigenvalue weighted by atomic mass is 19.1. The molecule has 1 heterocycles. The van der Waals surface area contributed by atoms with Gasteiger partial charge >= 0.3 is 11.9 Å². The Morgan fingerprint density at radius 1 is 1.12 bits per heavy atom. The number of carbonyl (C=O) groups is 3. The molecule has 12 heteroatoms. The molecule has 0 aliphatic rings. The molecule has 0 aliphatic carbocycles. The Kier molecular flexibility index (Phi) is 7.41. The molecule has 0 saturated heterocycles. The van der Waals surface area contributed by atoms with Crippen LogP contribution in [-0.2, 0) is 9.59 Å². The van der Waals surface area contributed by atoms with Crippen molar-refractivity contribution in [1.29, 1.82) is 0 Å². The summed E-state index contributed by atoms with van der Waals surface area (Å²) in [6, 6.07) is 6.76. The van der Waals surface area contributed by atoms with Crippen molar-refractivity contribution in [3.63, 3.8) is 0 Å². The van der Waals surface area contributed by atoms with Crippen LogP contribution in [0.4, 0.5) is 15.9 Å². The van der Waals surface area contributed by atoms with Crippen LogP contribution >= 0.6 is 0 Å². The second-order valence-electron chi connectivity index (χ2n) is 7.01. The van der Waals surface area contributed by atoms with Crippen LogP contribution in [0.2, 0.25) is 0 Å². The largest absolute Gasteiger partial charge is 0.496 e. The molecule has 4 N–H and O–H groups in total. The number of hydrogen-bond donors (Lipinski definition) is 4. The van der Waals surface area contributed by atoms with Crippen molar-refractivity contribution < 1.29 is 38.5 Å². The summed E-state index contributed by atoms with van der Waals surface area (Å²) >= 11 is 0. The summed E-state index contributed by atoms with van der Waals surface area (Å²) in [4.78, 5) is 43.7. The van der Waals surface area contributed by atoms with Crippen molar-refractivity contribution in [3.8, 4) is 11.5 Å². The van der Waals surface area contributed by atoms with Gasteiger partial charge in [-0.2, -0.15) is 0 Å². The fourth-order valence-corrected chi connectivity index (χ4v) is 3.18. The lowest BCUT2D eigenvalue weighted by Gasteiger charge is -2.19. The van der Waals surface area contributed by atoms with Crippen LogP contribution in [-0.4, -0.2) is 58.3 Å². The molecule has 0 radical (unpaired) electrons. The lowest BCUT2D eigenvalue weighted by Crippen LogP contribution is -2.41. The number of nitrogens with zero attached hydrogens (tertiary/aromatic N) is 2. The molecular formula is C22H21FN4O7. The average Bonchev–Trinajstić information content (AvgIpc) is 2.82. The third-order valence-corrected chi connectivity index (χ3v) is 4.80. The number of halogens is 1. The van der Waals surface area contributed by atoms with Gasteiger partial charge in [0.25, 0.3) is 5.91 Å². The van der Waals surface area contributed by atoms with Crippen LogP contribution in [0, 0.1) is 5.82 Å². The number of carboxylic acids is 2. The number of carbonyl (C=O) groups excluding carboxylic acids is 1. The first-order chi connectivity index (χ1) is 16.2. The van der Waals surface area contributed by atoms with Gasteiger partial charge in [0.2, 0.25) is 0 Å². The van der Waals surface area contributed by atoms with Gasteiger partial charge in [0, 0.05) is 12.5 Å². The molecule has 1 amide bonds. The number of aliphatic carboxylic acids is 2. The zero-order valence-electron chi connectivity index (χ0n) is 18.2. The average molecular weight is 472 g/mol. The van der Waals surface area contributed by atoms with E-state index in [9.17, 15) is 19.5 Å². The summed E-state index contributed by atoms with van der Waals surface area (Å²) in [5.74, 6) is -5.04. The predicted molar refractivity (Wildman–Crippen MR) is 118 cm³/mol. The minimum Gasteiger partial charge on any atom is -0.496 e. The highest BCUT2D eigenvalue weighted by molar-refractivity contribution is 6.02. The second-order valence-corrected chi connectivity index (χ2v) is 7.01. The predicted octanol–water partition coefficient (Wildman–Crippen LogP) is 2.58. The monoisotopic (exact) mass is 472 g/mol. The van der Waals surface area contributed by atoms with E-state index >= 15 is 4.39 Å². The molecule has 3 aromatic rings. The lowest BCUT2D eigenvalue weighted by atomic mass is 10.1. The Bertz CT molecular complexity index is 1250. The minimum absolute atomic E-state index is 0.116. The maximum atomic E-state index is 15.3. The van der Waals surface area contributed by atoms with Gasteiger partial charge in [-0.05, 0) is 18.6 Å². The number of benzene rings is 2. The number of carboxylic acid groups (broad SMARTS) is 2. The number of fused-ring (bicyclic) bond motifs is 1. The van der Waals surface area contributed by atoms with Crippen LogP contribution < -0.4 is 20.1 Å². The van der Waals surface area contributed by atoms with E-state index < -0.39 is 41.9 Å². The van der Waals surface area contributed by atoms with Crippen molar-refractivity contribution >= 4 is 40.4 Å². The van der Waals surface area contributed by atoms with Gasteiger partial charge in [-0.15, -0.1) is 0 Å². The topological polar surface area (TPSA) is 160 Å². The smallest absolute Gasteiger partial charge is 0.326 e. The van der Waals surface area contributed by atoms with E-state index in [1.54, 1.807) is 24.3 Å². The summed E-state index contributed by atoms with van der Waals surface area (Å²) in [6.45, 7) is 0. The van der Waals surface area contributed by atoms with Crippen molar-refractivity contribution in [3.05, 3.63) is 47.9 Å². The van der Waals surface area contributed by atoms with Gasteiger partial charge < -0.3 is 30.3 Å². The molecule has 0 saturated carbocycles. The molecule has 2 aromatic carbocycles. The number of aromatic nitrogens is 2. The third-order valence-electron chi connectivity index (χ3n) is 4.80. The molecule has 1 aromatic heterocycles. The molecule has 3 rings (SSSR count). The quantitative estimate of drug-likeness (QED) is 0.345. The SMILES string of the molecule is COc1cc(Nc2cnc3ccccc3n2)c(F)c(OC)c1C(=O)NC(CCC(=O)O)C(=O)O. The summed E-state index contributed by atoms with van der Waals surface area (Å²) < 4.78 is 25.6. The molecule has 0 spiro atoms. The summed E-state index contributed by atoms with van der Waals surface area (Å²) in [6.07, 6.45) is 0.542. The number of methoxy groups -OCH3 is 2. The third kappa shape index (κ3) is 5.28. The Balaban J connectivity index is 1.95. The zero-order valence-corrected chi connectivity index (χ0v) is 18.2. The first-order valence-corrected chi connectivity index (χ1v) is 9.93. The van der Waals surface area contributed by atoms with E-state index in [4.69, 9.17) is 14.6 Å². The maximum Gasteiger partial charge on any atom is 0.326 e. The molecule has 0 fully saturated rings. The Labute approximate surface area is 192 Å². The molecule has 1 atom stereocenters. The first-order valence-electron chi connectivity index (χ1n) is 9.93. The fraction of sp³-hybridized carbons (Fsp3) is 0.227. The van der Waals surface area contributed by atoms with Crippen molar-refractivity contribution in [1.82, 2.24) is 15.3 Å². The lowest BCUT2D eigenvalue weighted by molar-refractivity contribution is -0.140. The van der Waals surface area contributed by atoms with Gasteiger partial charge in [-0.1, -0.05) is 12.1 Å². The van der Waals surface area contributed by atoms with E-state index in [1.165, 1.54) is 19.4 Å². The standard InChI is InChI=1S/C22H21FN4O7/c1-33-15-9-14(26-16-10-24-11-5-3-4-6-12(11)25-16)19(23)20(34-2)18(15)21(30)27-13(22(31)32)7-8-17(28)29/h3-6,9-10,13H,7-8H2,1-2H3,(H,25,26)(H,27,30)(H,28,29)(H,31,32). The van der Waals surface area contributed by atoms with Crippen LogP contribution in [0.3, 0.4) is 0 Å². The Hall–Kier alpha value is -4.48. The Morgan fingerprint density at radius 3 is 2.44 bits per heavy atom. The van der Waals surface area contributed by atoms with E-state index in [0.29, 0.717) is 11.0 Å². The number of amides is 1. The molecule has 0 aliphatic heterocycles. The van der Waals surface area contributed by atoms with E-state index in [1.807, 2.05) is 0 Å². The minimum atomic E-state index is -1.52. The van der Waals surface area contributed by atoms with E-state index in [-0.39, 0.29) is 29.2 Å². The van der Waals surface area contributed by atoms with Crippen LogP contribution in [0.15, 0.2) is 36.5 Å². The molecule has 178 valence electrons. The van der Waals surface area contributed by atoms with Crippen LogP contribution in [0.25, 0.3) is 11.0 Å². The summed E-state index contributed by atoms with van der Waals surface area (Å²) in [5, 5.41) is 23.1. The first kappa shape index (κ1) is 24.2.